The van der Waals surface area contributed by atoms with Gasteiger partial charge in [0.05, 0.1) is 23.9 Å². The lowest BCUT2D eigenvalue weighted by atomic mass is 10.0. The van der Waals surface area contributed by atoms with Crippen molar-refractivity contribution < 1.29 is 14.4 Å². The molecule has 0 saturated carbocycles. The summed E-state index contributed by atoms with van der Waals surface area (Å²) in [7, 11) is 5.61. The molecule has 1 N–H and O–H groups in total. The van der Waals surface area contributed by atoms with Gasteiger partial charge in [-0.25, -0.2) is 0 Å². The number of nitrogens with zero attached hydrogens (tertiary/aromatic N) is 5. The summed E-state index contributed by atoms with van der Waals surface area (Å²) in [4.78, 5) is 16.1. The molecule has 23 heavy (non-hydrogen) atoms. The fourth-order valence-corrected chi connectivity index (χ4v) is 2.97. The quantitative estimate of drug-likeness (QED) is 0.867. The van der Waals surface area contributed by atoms with Crippen molar-refractivity contribution in [3.05, 3.63) is 24.2 Å². The van der Waals surface area contributed by atoms with E-state index in [4.69, 9.17) is 4.52 Å². The van der Waals surface area contributed by atoms with E-state index in [1.165, 1.54) is 0 Å². The van der Waals surface area contributed by atoms with Crippen LogP contribution in [-0.4, -0.2) is 75.1 Å². The van der Waals surface area contributed by atoms with Crippen molar-refractivity contribution in [1.29, 1.82) is 0 Å². The van der Waals surface area contributed by atoms with Crippen LogP contribution in [0.3, 0.4) is 0 Å². The van der Waals surface area contributed by atoms with Gasteiger partial charge in [-0.05, 0) is 20.5 Å². The summed E-state index contributed by atoms with van der Waals surface area (Å²) in [5.74, 6) is 0.280. The van der Waals surface area contributed by atoms with E-state index in [2.05, 4.69) is 10.3 Å². The van der Waals surface area contributed by atoms with E-state index < -0.39 is 5.60 Å². The fourth-order valence-electron chi connectivity index (χ4n) is 2.97. The first kappa shape index (κ1) is 15.7. The minimum Gasteiger partial charge on any atom is -0.387 e. The largest absolute Gasteiger partial charge is 0.387 e. The second-order valence-electron chi connectivity index (χ2n) is 6.42. The summed E-state index contributed by atoms with van der Waals surface area (Å²) in [6, 6.07) is 1.61. The Bertz CT molecular complexity index is 708. The average molecular weight is 319 g/mol. The van der Waals surface area contributed by atoms with Gasteiger partial charge in [-0.2, -0.15) is 5.10 Å². The molecule has 3 rings (SSSR count). The monoisotopic (exact) mass is 319 g/mol. The van der Waals surface area contributed by atoms with Crippen LogP contribution in [0.4, 0.5) is 0 Å². The molecular weight excluding hydrogens is 298 g/mol. The van der Waals surface area contributed by atoms with Gasteiger partial charge in [0.15, 0.2) is 11.5 Å². The third-order valence-electron chi connectivity index (χ3n) is 3.95. The number of likely N-dealkylation sites (tertiary alicyclic amines) is 1. The molecule has 8 nitrogen and oxygen atoms in total. The van der Waals surface area contributed by atoms with E-state index in [1.807, 2.05) is 26.0 Å². The second-order valence-corrected chi connectivity index (χ2v) is 6.42. The molecular formula is C15H21N5O3. The lowest BCUT2D eigenvalue weighted by Crippen LogP contribution is -2.43. The zero-order chi connectivity index (χ0) is 16.6. The standard InChI is InChI=1S/C15H21N5O3/c1-18(2)9-15(22)4-5-20(10-15)14(21)12-6-13(23-17-12)11-7-16-19(3)8-11/h6-8,22H,4-5,9-10H2,1-3H3/t15-/m1/s1. The van der Waals surface area contributed by atoms with Crippen LogP contribution in [0.15, 0.2) is 23.0 Å². The lowest BCUT2D eigenvalue weighted by molar-refractivity contribution is 0.0234. The predicted octanol–water partition coefficient (Wildman–Crippen LogP) is 0.214. The highest BCUT2D eigenvalue weighted by molar-refractivity contribution is 5.93. The number of carbonyl (C=O) groups excluding carboxylic acids is 1. The first-order chi connectivity index (χ1) is 10.9. The number of aliphatic hydroxyl groups is 1. The van der Waals surface area contributed by atoms with Crippen LogP contribution in [0.25, 0.3) is 11.3 Å². The van der Waals surface area contributed by atoms with Crippen LogP contribution in [0.2, 0.25) is 0 Å². The van der Waals surface area contributed by atoms with Gasteiger partial charge < -0.3 is 19.4 Å². The molecule has 0 aromatic carbocycles. The Morgan fingerprint density at radius 2 is 2.30 bits per heavy atom. The van der Waals surface area contributed by atoms with E-state index >= 15 is 0 Å². The van der Waals surface area contributed by atoms with Crippen molar-refractivity contribution in [2.75, 3.05) is 33.7 Å². The molecule has 0 bridgehead atoms. The van der Waals surface area contributed by atoms with Gasteiger partial charge in [-0.15, -0.1) is 0 Å². The smallest absolute Gasteiger partial charge is 0.276 e. The van der Waals surface area contributed by atoms with Crippen molar-refractivity contribution in [3.63, 3.8) is 0 Å². The SMILES string of the molecule is CN(C)C[C@]1(O)CCN(C(=O)c2cc(-c3cnn(C)c3)on2)C1. The van der Waals surface area contributed by atoms with E-state index in [0.717, 1.165) is 5.56 Å². The maximum absolute atomic E-state index is 12.5. The highest BCUT2D eigenvalue weighted by Crippen LogP contribution is 2.25. The normalized spacial score (nSPS) is 21.3. The van der Waals surface area contributed by atoms with Gasteiger partial charge in [-0.3, -0.25) is 9.48 Å². The molecule has 124 valence electrons. The summed E-state index contributed by atoms with van der Waals surface area (Å²) in [6.07, 6.45) is 4.01. The predicted molar refractivity (Wildman–Crippen MR) is 82.7 cm³/mol. The number of rotatable bonds is 4. The maximum atomic E-state index is 12.5. The minimum absolute atomic E-state index is 0.224. The van der Waals surface area contributed by atoms with Crippen molar-refractivity contribution >= 4 is 5.91 Å². The minimum atomic E-state index is -0.866. The number of β-amino-alcohol motifs (C(OH)–C–C–N with tert-alkyl or cyclic N) is 1. The van der Waals surface area contributed by atoms with E-state index in [1.54, 1.807) is 28.0 Å². The number of aryl methyl sites for hydroxylation is 1. The number of likely N-dealkylation sites (N-methyl/N-ethyl adjacent to an activating group) is 1. The summed E-state index contributed by atoms with van der Waals surface area (Å²) >= 11 is 0. The first-order valence-corrected chi connectivity index (χ1v) is 7.48. The van der Waals surface area contributed by atoms with Gasteiger partial charge >= 0.3 is 0 Å². The molecule has 0 spiro atoms. The zero-order valence-electron chi connectivity index (χ0n) is 13.6. The van der Waals surface area contributed by atoms with Crippen LogP contribution in [0.1, 0.15) is 16.9 Å². The van der Waals surface area contributed by atoms with E-state index in [0.29, 0.717) is 31.8 Å². The summed E-state index contributed by atoms with van der Waals surface area (Å²) < 4.78 is 6.89. The van der Waals surface area contributed by atoms with Crippen LogP contribution < -0.4 is 0 Å². The van der Waals surface area contributed by atoms with E-state index in [-0.39, 0.29) is 11.6 Å². The van der Waals surface area contributed by atoms with Gasteiger partial charge in [-0.1, -0.05) is 5.16 Å². The molecule has 2 aromatic rings. The molecule has 2 aromatic heterocycles. The van der Waals surface area contributed by atoms with Crippen molar-refractivity contribution in [2.24, 2.45) is 7.05 Å². The number of carbonyl (C=O) groups is 1. The Morgan fingerprint density at radius 1 is 1.52 bits per heavy atom. The maximum Gasteiger partial charge on any atom is 0.276 e. The molecule has 1 aliphatic heterocycles. The Hall–Kier alpha value is -2.19. The molecule has 0 aliphatic carbocycles. The Labute approximate surface area is 134 Å². The zero-order valence-corrected chi connectivity index (χ0v) is 13.6. The summed E-state index contributed by atoms with van der Waals surface area (Å²) in [5.41, 5.74) is 0.150. The van der Waals surface area contributed by atoms with Crippen LogP contribution in [0, 0.1) is 0 Å². The molecule has 1 aliphatic rings. The van der Waals surface area contributed by atoms with Crippen LogP contribution in [-0.2, 0) is 7.05 Å². The number of hydrogen-bond acceptors (Lipinski definition) is 6. The molecule has 3 heterocycles. The first-order valence-electron chi connectivity index (χ1n) is 7.48. The number of amides is 1. The molecule has 1 amide bonds. The van der Waals surface area contributed by atoms with Crippen LogP contribution >= 0.6 is 0 Å². The highest BCUT2D eigenvalue weighted by atomic mass is 16.5. The second kappa shape index (κ2) is 5.78. The van der Waals surface area contributed by atoms with Gasteiger partial charge in [0.25, 0.3) is 5.91 Å². The summed E-state index contributed by atoms with van der Waals surface area (Å²) in [6.45, 7) is 1.34. The molecule has 8 heteroatoms. The van der Waals surface area contributed by atoms with Crippen molar-refractivity contribution in [2.45, 2.75) is 12.0 Å². The molecule has 0 radical (unpaired) electrons. The topological polar surface area (TPSA) is 87.6 Å². The Kier molecular flexibility index (Phi) is 3.95. The van der Waals surface area contributed by atoms with Gasteiger partial charge in [0.1, 0.15) is 0 Å². The third kappa shape index (κ3) is 3.27. The van der Waals surface area contributed by atoms with Crippen molar-refractivity contribution in [3.8, 4) is 11.3 Å². The third-order valence-corrected chi connectivity index (χ3v) is 3.95. The molecule has 0 unspecified atom stereocenters. The average Bonchev–Trinajstić information content (AvgIpc) is 3.16. The Morgan fingerprint density at radius 3 is 2.96 bits per heavy atom. The molecule has 1 fully saturated rings. The van der Waals surface area contributed by atoms with Crippen LogP contribution in [0.5, 0.6) is 0 Å². The summed E-state index contributed by atoms with van der Waals surface area (Å²) in [5, 5.41) is 18.5. The van der Waals surface area contributed by atoms with E-state index in [9.17, 15) is 9.90 Å². The van der Waals surface area contributed by atoms with Gasteiger partial charge in [0.2, 0.25) is 0 Å². The molecule has 1 saturated heterocycles. The highest BCUT2D eigenvalue weighted by Gasteiger charge is 2.39. The Balaban J connectivity index is 1.71. The number of aromatic nitrogens is 3. The van der Waals surface area contributed by atoms with Crippen molar-refractivity contribution in [1.82, 2.24) is 24.7 Å². The number of hydrogen-bond donors (Lipinski definition) is 1. The molecule has 1 atom stereocenters. The lowest BCUT2D eigenvalue weighted by Gasteiger charge is -2.26. The van der Waals surface area contributed by atoms with Gasteiger partial charge in [0, 0.05) is 32.4 Å². The fraction of sp³-hybridized carbons (Fsp3) is 0.533.